The summed E-state index contributed by atoms with van der Waals surface area (Å²) in [6.45, 7) is 1.86. The number of aromatic hydroxyl groups is 1. The molecule has 0 bridgehead atoms. The average molecular weight is 332 g/mol. The average Bonchev–Trinajstić information content (AvgIpc) is 3.02. The largest absolute Gasteiger partial charge is 0.508 e. The molecule has 1 aromatic rings. The smallest absolute Gasteiger partial charge is 0.321 e. The summed E-state index contributed by atoms with van der Waals surface area (Å²) in [4.78, 5) is 46.7. The van der Waals surface area contributed by atoms with E-state index in [4.69, 9.17) is 0 Å². The Hall–Kier alpha value is -2.70. The zero-order chi connectivity index (χ0) is 17.4. The number of rotatable bonds is 4. The van der Waals surface area contributed by atoms with Crippen LogP contribution < -0.4 is 0 Å². The quantitative estimate of drug-likeness (QED) is 0.658. The normalized spacial score (nSPS) is 24.9. The van der Waals surface area contributed by atoms with Crippen LogP contribution >= 0.6 is 0 Å². The van der Waals surface area contributed by atoms with Crippen LogP contribution in [0.4, 0.5) is 0 Å². The van der Waals surface area contributed by atoms with Crippen molar-refractivity contribution in [1.82, 2.24) is 0 Å². The SMILES string of the molecule is CCC(c1ccc(O)cc1C1CC(=O)OC1=O)C1CC(=O)OC1=O. The summed E-state index contributed by atoms with van der Waals surface area (Å²) in [6.07, 6.45) is 0.395. The Morgan fingerprint density at radius 3 is 2.29 bits per heavy atom. The first-order valence-electron chi connectivity index (χ1n) is 7.72. The molecular formula is C17H16O7. The van der Waals surface area contributed by atoms with Gasteiger partial charge < -0.3 is 14.6 Å². The highest BCUT2D eigenvalue weighted by molar-refractivity contribution is 5.98. The maximum atomic E-state index is 11.9. The van der Waals surface area contributed by atoms with Crippen LogP contribution in [-0.2, 0) is 28.7 Å². The second-order valence-corrected chi connectivity index (χ2v) is 5.98. The van der Waals surface area contributed by atoms with Gasteiger partial charge in [0.15, 0.2) is 0 Å². The van der Waals surface area contributed by atoms with E-state index in [2.05, 4.69) is 9.47 Å². The maximum absolute atomic E-state index is 11.9. The van der Waals surface area contributed by atoms with Gasteiger partial charge in [0, 0.05) is 0 Å². The minimum atomic E-state index is -0.818. The topological polar surface area (TPSA) is 107 Å². The Morgan fingerprint density at radius 2 is 1.75 bits per heavy atom. The molecule has 0 radical (unpaired) electrons. The number of ether oxygens (including phenoxy) is 2. The Kier molecular flexibility index (Phi) is 4.09. The number of benzene rings is 1. The number of phenols is 1. The molecule has 126 valence electrons. The lowest BCUT2D eigenvalue weighted by molar-refractivity contribution is -0.154. The van der Waals surface area contributed by atoms with Gasteiger partial charge in [-0.15, -0.1) is 0 Å². The minimum absolute atomic E-state index is 0.0221. The summed E-state index contributed by atoms with van der Waals surface area (Å²) < 4.78 is 9.23. The number of cyclic esters (lactones) is 4. The van der Waals surface area contributed by atoms with Gasteiger partial charge in [-0.3, -0.25) is 19.2 Å². The van der Waals surface area contributed by atoms with E-state index in [0.29, 0.717) is 17.5 Å². The van der Waals surface area contributed by atoms with Gasteiger partial charge >= 0.3 is 23.9 Å². The highest BCUT2D eigenvalue weighted by Gasteiger charge is 2.42. The Morgan fingerprint density at radius 1 is 1.08 bits per heavy atom. The molecule has 24 heavy (non-hydrogen) atoms. The molecular weight excluding hydrogens is 316 g/mol. The van der Waals surface area contributed by atoms with Crippen molar-refractivity contribution in [1.29, 1.82) is 0 Å². The third-order valence-electron chi connectivity index (χ3n) is 4.54. The molecule has 2 heterocycles. The van der Waals surface area contributed by atoms with Crippen molar-refractivity contribution in [2.75, 3.05) is 0 Å². The lowest BCUT2D eigenvalue weighted by atomic mass is 9.78. The molecule has 0 amide bonds. The fraction of sp³-hybridized carbons (Fsp3) is 0.412. The van der Waals surface area contributed by atoms with E-state index >= 15 is 0 Å². The summed E-state index contributed by atoms with van der Waals surface area (Å²) >= 11 is 0. The highest BCUT2D eigenvalue weighted by Crippen LogP contribution is 2.41. The first-order chi connectivity index (χ1) is 11.4. The van der Waals surface area contributed by atoms with Crippen LogP contribution in [0.25, 0.3) is 0 Å². The van der Waals surface area contributed by atoms with Gasteiger partial charge in [-0.1, -0.05) is 13.0 Å². The molecule has 2 fully saturated rings. The number of carbonyl (C=O) groups excluding carboxylic acids is 4. The van der Waals surface area contributed by atoms with Crippen molar-refractivity contribution in [3.8, 4) is 5.75 Å². The second kappa shape index (κ2) is 6.07. The van der Waals surface area contributed by atoms with Gasteiger partial charge in [-0.05, 0) is 35.6 Å². The Bertz CT molecular complexity index is 736. The standard InChI is InChI=1S/C17H16O7/c1-2-9(12-6-14(19)23-16(12)21)10-4-3-8(18)5-11(10)13-7-15(20)24-17(13)22/h3-5,9,12-13,18H,2,6-7H2,1H3. The van der Waals surface area contributed by atoms with Crippen LogP contribution in [0.15, 0.2) is 18.2 Å². The van der Waals surface area contributed by atoms with Gasteiger partial charge in [0.1, 0.15) is 5.75 Å². The van der Waals surface area contributed by atoms with E-state index < -0.39 is 35.7 Å². The minimum Gasteiger partial charge on any atom is -0.508 e. The molecule has 7 nitrogen and oxygen atoms in total. The molecule has 3 unspecified atom stereocenters. The molecule has 7 heteroatoms. The van der Waals surface area contributed by atoms with E-state index in [-0.39, 0.29) is 24.5 Å². The van der Waals surface area contributed by atoms with E-state index in [1.165, 1.54) is 12.1 Å². The van der Waals surface area contributed by atoms with E-state index in [1.54, 1.807) is 6.07 Å². The summed E-state index contributed by atoms with van der Waals surface area (Å²) in [5.74, 6) is -4.32. The van der Waals surface area contributed by atoms with E-state index in [9.17, 15) is 24.3 Å². The summed E-state index contributed by atoms with van der Waals surface area (Å²) in [5, 5.41) is 9.78. The first-order valence-corrected chi connectivity index (χ1v) is 7.72. The molecule has 3 rings (SSSR count). The number of esters is 4. The monoisotopic (exact) mass is 332 g/mol. The number of hydrogen-bond donors (Lipinski definition) is 1. The third kappa shape index (κ3) is 2.77. The molecule has 0 saturated carbocycles. The molecule has 0 aliphatic carbocycles. The van der Waals surface area contributed by atoms with Crippen LogP contribution in [0.5, 0.6) is 5.75 Å². The zero-order valence-corrected chi connectivity index (χ0v) is 13.0. The predicted octanol–water partition coefficient (Wildman–Crippen LogP) is 1.53. The fourth-order valence-electron chi connectivity index (χ4n) is 3.43. The number of hydrogen-bond acceptors (Lipinski definition) is 7. The molecule has 2 aliphatic rings. The van der Waals surface area contributed by atoms with Crippen molar-refractivity contribution in [3.63, 3.8) is 0 Å². The van der Waals surface area contributed by atoms with Gasteiger partial charge in [-0.25, -0.2) is 0 Å². The molecule has 2 saturated heterocycles. The lowest BCUT2D eigenvalue weighted by Crippen LogP contribution is -2.20. The summed E-state index contributed by atoms with van der Waals surface area (Å²) in [7, 11) is 0. The van der Waals surface area contributed by atoms with Crippen LogP contribution in [0, 0.1) is 5.92 Å². The number of phenolic OH excluding ortho intramolecular Hbond substituents is 1. The van der Waals surface area contributed by atoms with E-state index in [1.807, 2.05) is 6.92 Å². The van der Waals surface area contributed by atoms with Crippen molar-refractivity contribution < 1.29 is 33.8 Å². The molecule has 1 aromatic carbocycles. The van der Waals surface area contributed by atoms with Gasteiger partial charge in [0.25, 0.3) is 0 Å². The maximum Gasteiger partial charge on any atom is 0.321 e. The van der Waals surface area contributed by atoms with Crippen molar-refractivity contribution in [2.24, 2.45) is 5.92 Å². The second-order valence-electron chi connectivity index (χ2n) is 5.98. The lowest BCUT2D eigenvalue weighted by Gasteiger charge is -2.23. The molecule has 2 aliphatic heterocycles. The van der Waals surface area contributed by atoms with Gasteiger partial charge in [0.2, 0.25) is 0 Å². The number of carbonyl (C=O) groups is 4. The molecule has 1 N–H and O–H groups in total. The summed E-state index contributed by atoms with van der Waals surface area (Å²) in [6, 6.07) is 4.47. The Balaban J connectivity index is 2.03. The van der Waals surface area contributed by atoms with Crippen LogP contribution in [-0.4, -0.2) is 29.0 Å². The van der Waals surface area contributed by atoms with E-state index in [0.717, 1.165) is 0 Å². The van der Waals surface area contributed by atoms with Gasteiger partial charge in [0.05, 0.1) is 24.7 Å². The molecule has 0 spiro atoms. The van der Waals surface area contributed by atoms with Gasteiger partial charge in [-0.2, -0.15) is 0 Å². The van der Waals surface area contributed by atoms with Crippen molar-refractivity contribution >= 4 is 23.9 Å². The predicted molar refractivity (Wildman–Crippen MR) is 78.8 cm³/mol. The summed E-state index contributed by atoms with van der Waals surface area (Å²) in [5.41, 5.74) is 1.09. The van der Waals surface area contributed by atoms with Crippen molar-refractivity contribution in [2.45, 2.75) is 38.0 Å². The van der Waals surface area contributed by atoms with Crippen LogP contribution in [0.3, 0.4) is 0 Å². The molecule has 3 atom stereocenters. The fourth-order valence-corrected chi connectivity index (χ4v) is 3.43. The first kappa shape index (κ1) is 16.2. The highest BCUT2D eigenvalue weighted by atomic mass is 16.6. The third-order valence-corrected chi connectivity index (χ3v) is 4.54. The van der Waals surface area contributed by atoms with Crippen molar-refractivity contribution in [3.05, 3.63) is 29.3 Å². The van der Waals surface area contributed by atoms with Crippen LogP contribution in [0.1, 0.15) is 49.1 Å². The Labute approximate surface area is 137 Å². The van der Waals surface area contributed by atoms with Crippen LogP contribution in [0.2, 0.25) is 0 Å². The zero-order valence-electron chi connectivity index (χ0n) is 13.0. The molecule has 0 aromatic heterocycles.